The second-order valence-electron chi connectivity index (χ2n) is 6.10. The maximum absolute atomic E-state index is 11.9. The summed E-state index contributed by atoms with van der Waals surface area (Å²) in [5.41, 5.74) is 0.996. The summed E-state index contributed by atoms with van der Waals surface area (Å²) in [5.74, 6) is 1.18. The number of ether oxygens (including phenoxy) is 1. The zero-order chi connectivity index (χ0) is 17.5. The van der Waals surface area contributed by atoms with Gasteiger partial charge in [-0.15, -0.1) is 11.8 Å². The van der Waals surface area contributed by atoms with Gasteiger partial charge in [-0.2, -0.15) is 0 Å². The molecule has 1 aliphatic rings. The molecule has 4 nitrogen and oxygen atoms in total. The highest BCUT2D eigenvalue weighted by Crippen LogP contribution is 2.24. The van der Waals surface area contributed by atoms with Gasteiger partial charge in [-0.05, 0) is 31.5 Å². The highest BCUT2D eigenvalue weighted by Gasteiger charge is 2.21. The summed E-state index contributed by atoms with van der Waals surface area (Å²) in [7, 11) is 0. The van der Waals surface area contributed by atoms with E-state index in [0.29, 0.717) is 28.1 Å². The SMILES string of the molecule is CC1CN(CCNC(=O)CSCc2ccc(Cl)cc2Cl)CC(C)O1. The lowest BCUT2D eigenvalue weighted by Crippen LogP contribution is -2.48. The number of amides is 1. The Kier molecular flexibility index (Phi) is 8.17. The van der Waals surface area contributed by atoms with Crippen LogP contribution in [0.15, 0.2) is 18.2 Å². The quantitative estimate of drug-likeness (QED) is 0.773. The fourth-order valence-electron chi connectivity index (χ4n) is 2.76. The van der Waals surface area contributed by atoms with Crippen molar-refractivity contribution >= 4 is 40.9 Å². The first kappa shape index (κ1) is 19.9. The number of carbonyl (C=O) groups excluding carboxylic acids is 1. The van der Waals surface area contributed by atoms with Crippen molar-refractivity contribution in [2.45, 2.75) is 31.8 Å². The molecule has 1 amide bonds. The summed E-state index contributed by atoms with van der Waals surface area (Å²) in [5, 5.41) is 4.24. The molecule has 0 spiro atoms. The molecule has 1 aromatic carbocycles. The Morgan fingerprint density at radius 3 is 2.71 bits per heavy atom. The molecule has 2 rings (SSSR count). The molecule has 134 valence electrons. The monoisotopic (exact) mass is 390 g/mol. The smallest absolute Gasteiger partial charge is 0.230 e. The Hall–Kier alpha value is -0.460. The molecule has 1 fully saturated rings. The molecule has 0 bridgehead atoms. The van der Waals surface area contributed by atoms with Crippen LogP contribution in [-0.2, 0) is 15.3 Å². The molecule has 24 heavy (non-hydrogen) atoms. The van der Waals surface area contributed by atoms with Gasteiger partial charge in [-0.1, -0.05) is 29.3 Å². The first-order chi connectivity index (χ1) is 11.4. The number of benzene rings is 1. The molecule has 2 atom stereocenters. The zero-order valence-corrected chi connectivity index (χ0v) is 16.4. The van der Waals surface area contributed by atoms with Crippen molar-refractivity contribution in [3.8, 4) is 0 Å². The lowest BCUT2D eigenvalue weighted by atomic mass is 10.2. The molecule has 0 radical (unpaired) electrons. The number of carbonyl (C=O) groups is 1. The molecule has 1 aromatic rings. The van der Waals surface area contributed by atoms with Crippen LogP contribution >= 0.6 is 35.0 Å². The van der Waals surface area contributed by atoms with E-state index in [1.807, 2.05) is 12.1 Å². The molecule has 1 aliphatic heterocycles. The zero-order valence-electron chi connectivity index (χ0n) is 14.1. The first-order valence-electron chi connectivity index (χ1n) is 8.10. The second kappa shape index (κ2) is 9.88. The minimum Gasteiger partial charge on any atom is -0.373 e. The van der Waals surface area contributed by atoms with E-state index in [9.17, 15) is 4.79 Å². The van der Waals surface area contributed by atoms with Crippen LogP contribution in [0.25, 0.3) is 0 Å². The van der Waals surface area contributed by atoms with Crippen molar-refractivity contribution in [3.63, 3.8) is 0 Å². The number of thioether (sulfide) groups is 1. The van der Waals surface area contributed by atoms with Crippen molar-refractivity contribution in [2.24, 2.45) is 0 Å². The molecule has 1 N–H and O–H groups in total. The third kappa shape index (κ3) is 6.81. The molecule has 1 heterocycles. The van der Waals surface area contributed by atoms with Gasteiger partial charge in [0.1, 0.15) is 0 Å². The molecule has 0 aliphatic carbocycles. The molecular formula is C17H24Cl2N2O2S. The number of hydrogen-bond donors (Lipinski definition) is 1. The van der Waals surface area contributed by atoms with Crippen LogP contribution < -0.4 is 5.32 Å². The minimum absolute atomic E-state index is 0.0550. The van der Waals surface area contributed by atoms with E-state index in [-0.39, 0.29) is 18.1 Å². The van der Waals surface area contributed by atoms with Gasteiger partial charge in [0, 0.05) is 42.0 Å². The number of hydrogen-bond acceptors (Lipinski definition) is 4. The van der Waals surface area contributed by atoms with Crippen LogP contribution in [0.1, 0.15) is 19.4 Å². The Labute approximate surface area is 158 Å². The standard InChI is InChI=1S/C17H24Cl2N2O2S/c1-12-8-21(9-13(2)23-12)6-5-20-17(22)11-24-10-14-3-4-15(18)7-16(14)19/h3-4,7,12-13H,5-6,8-11H2,1-2H3,(H,20,22). The van der Waals surface area contributed by atoms with E-state index >= 15 is 0 Å². The van der Waals surface area contributed by atoms with Crippen molar-refractivity contribution in [1.29, 1.82) is 0 Å². The molecule has 1 saturated heterocycles. The van der Waals surface area contributed by atoms with Crippen molar-refractivity contribution < 1.29 is 9.53 Å². The molecule has 2 unspecified atom stereocenters. The Morgan fingerprint density at radius 1 is 1.33 bits per heavy atom. The van der Waals surface area contributed by atoms with E-state index in [4.69, 9.17) is 27.9 Å². The van der Waals surface area contributed by atoms with Crippen molar-refractivity contribution in [2.75, 3.05) is 31.9 Å². The van der Waals surface area contributed by atoms with Gasteiger partial charge in [0.25, 0.3) is 0 Å². The summed E-state index contributed by atoms with van der Waals surface area (Å²) >= 11 is 13.5. The van der Waals surface area contributed by atoms with Gasteiger partial charge in [-0.3, -0.25) is 9.69 Å². The van der Waals surface area contributed by atoms with Crippen molar-refractivity contribution in [3.05, 3.63) is 33.8 Å². The van der Waals surface area contributed by atoms with Crippen molar-refractivity contribution in [1.82, 2.24) is 10.2 Å². The van der Waals surface area contributed by atoms with Gasteiger partial charge in [-0.25, -0.2) is 0 Å². The second-order valence-corrected chi connectivity index (χ2v) is 7.92. The van der Waals surface area contributed by atoms with E-state index in [2.05, 4.69) is 24.1 Å². The van der Waals surface area contributed by atoms with E-state index in [0.717, 1.165) is 25.2 Å². The van der Waals surface area contributed by atoms with Gasteiger partial charge >= 0.3 is 0 Å². The van der Waals surface area contributed by atoms with Gasteiger partial charge in [0.15, 0.2) is 0 Å². The third-order valence-corrected chi connectivity index (χ3v) is 5.32. The largest absolute Gasteiger partial charge is 0.373 e. The number of morpholine rings is 1. The van der Waals surface area contributed by atoms with E-state index in [1.165, 1.54) is 0 Å². The van der Waals surface area contributed by atoms with Crippen LogP contribution in [0.3, 0.4) is 0 Å². The van der Waals surface area contributed by atoms with Crippen LogP contribution in [0.4, 0.5) is 0 Å². The lowest BCUT2D eigenvalue weighted by Gasteiger charge is -2.35. The Balaban J connectivity index is 1.61. The Bertz CT molecular complexity index is 549. The summed E-state index contributed by atoms with van der Waals surface area (Å²) < 4.78 is 5.70. The van der Waals surface area contributed by atoms with Crippen LogP contribution in [0.5, 0.6) is 0 Å². The van der Waals surface area contributed by atoms with E-state index < -0.39 is 0 Å². The number of nitrogens with one attached hydrogen (secondary N) is 1. The van der Waals surface area contributed by atoms with E-state index in [1.54, 1.807) is 17.8 Å². The highest BCUT2D eigenvalue weighted by atomic mass is 35.5. The lowest BCUT2D eigenvalue weighted by molar-refractivity contribution is -0.118. The summed E-state index contributed by atoms with van der Waals surface area (Å²) in [6.45, 7) is 7.53. The summed E-state index contributed by atoms with van der Waals surface area (Å²) in [6, 6.07) is 5.44. The van der Waals surface area contributed by atoms with Crippen LogP contribution in [0, 0.1) is 0 Å². The normalized spacial score (nSPS) is 21.7. The van der Waals surface area contributed by atoms with Crippen LogP contribution in [0.2, 0.25) is 10.0 Å². The summed E-state index contributed by atoms with van der Waals surface area (Å²) in [4.78, 5) is 14.2. The fourth-order valence-corrected chi connectivity index (χ4v) is 4.18. The third-order valence-electron chi connectivity index (χ3n) is 3.75. The molecule has 0 saturated carbocycles. The van der Waals surface area contributed by atoms with Gasteiger partial charge in [0.2, 0.25) is 5.91 Å². The predicted molar refractivity (Wildman–Crippen MR) is 102 cm³/mol. The molecular weight excluding hydrogens is 367 g/mol. The average molecular weight is 391 g/mol. The Morgan fingerprint density at radius 2 is 2.04 bits per heavy atom. The predicted octanol–water partition coefficient (Wildman–Crippen LogP) is 3.45. The number of nitrogens with zero attached hydrogens (tertiary/aromatic N) is 1. The number of halogens is 2. The minimum atomic E-state index is 0.0550. The highest BCUT2D eigenvalue weighted by molar-refractivity contribution is 7.99. The number of rotatable bonds is 7. The first-order valence-corrected chi connectivity index (χ1v) is 10.0. The van der Waals surface area contributed by atoms with Gasteiger partial charge in [0.05, 0.1) is 18.0 Å². The fraction of sp³-hybridized carbons (Fsp3) is 0.588. The topological polar surface area (TPSA) is 41.6 Å². The maximum atomic E-state index is 11.9. The molecule has 7 heteroatoms. The van der Waals surface area contributed by atoms with Crippen LogP contribution in [-0.4, -0.2) is 54.9 Å². The molecule has 0 aromatic heterocycles. The van der Waals surface area contributed by atoms with Gasteiger partial charge < -0.3 is 10.1 Å². The maximum Gasteiger partial charge on any atom is 0.230 e. The average Bonchev–Trinajstić information content (AvgIpc) is 2.48. The summed E-state index contributed by atoms with van der Waals surface area (Å²) in [6.07, 6.45) is 0.508.